The standard InChI is InChI=1S/C14H10N6/c15-9-17-11-1-5-13(6-2-11)19-20-14-7-3-12(4-8-14)18-10-16/h1-8,15,18H. The van der Waals surface area contributed by atoms with Gasteiger partial charge in [0.2, 0.25) is 0 Å². The van der Waals surface area contributed by atoms with Crippen LogP contribution in [0, 0.1) is 16.9 Å². The molecule has 2 N–H and O–H groups in total. The molecule has 0 saturated carbocycles. The van der Waals surface area contributed by atoms with Crippen molar-refractivity contribution in [3.05, 3.63) is 48.5 Å². The van der Waals surface area contributed by atoms with Gasteiger partial charge in [0.15, 0.2) is 6.19 Å². The zero-order valence-corrected chi connectivity index (χ0v) is 10.4. The third-order valence-electron chi connectivity index (χ3n) is 2.38. The quantitative estimate of drug-likeness (QED) is 0.370. The van der Waals surface area contributed by atoms with E-state index in [1.807, 2.05) is 12.2 Å². The Hall–Kier alpha value is -3.29. The summed E-state index contributed by atoms with van der Waals surface area (Å²) in [6, 6.07) is 16.0. The molecular weight excluding hydrogens is 252 g/mol. The Bertz CT molecular complexity index is 688. The van der Waals surface area contributed by atoms with Crippen molar-refractivity contribution in [1.29, 1.82) is 10.7 Å². The molecule has 20 heavy (non-hydrogen) atoms. The van der Waals surface area contributed by atoms with Gasteiger partial charge >= 0.3 is 0 Å². The zero-order chi connectivity index (χ0) is 14.2. The van der Waals surface area contributed by atoms with Crippen LogP contribution < -0.4 is 5.32 Å². The largest absolute Gasteiger partial charge is 0.293 e. The fourth-order valence-electron chi connectivity index (χ4n) is 1.45. The number of hydrogen-bond donors (Lipinski definition) is 2. The molecule has 0 atom stereocenters. The predicted octanol–water partition coefficient (Wildman–Crippen LogP) is 4.38. The minimum absolute atomic E-state index is 0.644. The van der Waals surface area contributed by atoms with Gasteiger partial charge in [0.25, 0.3) is 0 Å². The van der Waals surface area contributed by atoms with Gasteiger partial charge in [-0.15, -0.1) is 0 Å². The molecule has 6 heteroatoms. The van der Waals surface area contributed by atoms with Crippen LogP contribution in [0.4, 0.5) is 22.7 Å². The Kier molecular flexibility index (Phi) is 4.33. The Morgan fingerprint density at radius 2 is 1.35 bits per heavy atom. The van der Waals surface area contributed by atoms with Crippen molar-refractivity contribution in [3.63, 3.8) is 0 Å². The van der Waals surface area contributed by atoms with Crippen LogP contribution in [-0.4, -0.2) is 6.01 Å². The van der Waals surface area contributed by atoms with E-state index in [4.69, 9.17) is 10.7 Å². The first-order chi connectivity index (χ1) is 9.81. The topological polar surface area (TPSA) is 96.8 Å². The van der Waals surface area contributed by atoms with Crippen LogP contribution in [0.15, 0.2) is 63.8 Å². The van der Waals surface area contributed by atoms with Gasteiger partial charge in [-0.05, 0) is 48.5 Å². The summed E-state index contributed by atoms with van der Waals surface area (Å²) < 4.78 is 0. The molecular formula is C14H10N6. The summed E-state index contributed by atoms with van der Waals surface area (Å²) >= 11 is 0. The van der Waals surface area contributed by atoms with Gasteiger partial charge in [0, 0.05) is 5.69 Å². The number of nitrogens with one attached hydrogen (secondary N) is 2. The van der Waals surface area contributed by atoms with E-state index in [0.29, 0.717) is 22.7 Å². The van der Waals surface area contributed by atoms with Crippen molar-refractivity contribution in [2.24, 2.45) is 15.2 Å². The summed E-state index contributed by atoms with van der Waals surface area (Å²) in [7, 11) is 0. The molecule has 0 aliphatic rings. The number of benzene rings is 2. The van der Waals surface area contributed by atoms with E-state index in [0.717, 1.165) is 0 Å². The molecule has 6 nitrogen and oxygen atoms in total. The van der Waals surface area contributed by atoms with Gasteiger partial charge < -0.3 is 0 Å². The van der Waals surface area contributed by atoms with E-state index in [9.17, 15) is 0 Å². The summed E-state index contributed by atoms with van der Waals surface area (Å²) in [6.45, 7) is 0. The first-order valence-electron chi connectivity index (χ1n) is 5.71. The first-order valence-corrected chi connectivity index (χ1v) is 5.71. The van der Waals surface area contributed by atoms with Gasteiger partial charge in [-0.3, -0.25) is 5.32 Å². The summed E-state index contributed by atoms with van der Waals surface area (Å²) in [5.41, 5.74) is 2.73. The smallest absolute Gasteiger partial charge is 0.181 e. The number of hydrogen-bond acceptors (Lipinski definition) is 6. The molecule has 0 fully saturated rings. The van der Waals surface area contributed by atoms with Crippen LogP contribution in [0.25, 0.3) is 0 Å². The van der Waals surface area contributed by atoms with E-state index in [1.165, 1.54) is 0 Å². The second kappa shape index (κ2) is 6.59. The molecule has 96 valence electrons. The van der Waals surface area contributed by atoms with Crippen LogP contribution in [0.2, 0.25) is 0 Å². The zero-order valence-electron chi connectivity index (χ0n) is 10.4. The van der Waals surface area contributed by atoms with Crippen molar-refractivity contribution in [2.45, 2.75) is 0 Å². The van der Waals surface area contributed by atoms with E-state index in [-0.39, 0.29) is 0 Å². The summed E-state index contributed by atoms with van der Waals surface area (Å²) in [4.78, 5) is 3.70. The highest BCUT2D eigenvalue weighted by Gasteiger charge is 1.93. The van der Waals surface area contributed by atoms with Crippen LogP contribution in [0.5, 0.6) is 0 Å². The molecule has 0 radical (unpaired) electrons. The second-order valence-electron chi connectivity index (χ2n) is 3.72. The Labute approximate surface area is 115 Å². The normalized spacial score (nSPS) is 9.75. The molecule has 0 aliphatic carbocycles. The van der Waals surface area contributed by atoms with Crippen molar-refractivity contribution < 1.29 is 0 Å². The molecule has 0 amide bonds. The van der Waals surface area contributed by atoms with E-state index < -0.39 is 0 Å². The molecule has 2 aromatic carbocycles. The highest BCUT2D eigenvalue weighted by atomic mass is 15.1. The second-order valence-corrected chi connectivity index (χ2v) is 3.72. The maximum atomic E-state index is 8.47. The fraction of sp³-hybridized carbons (Fsp3) is 0. The molecule has 0 aliphatic heterocycles. The molecule has 2 aromatic rings. The number of nitrogens with zero attached hydrogens (tertiary/aromatic N) is 4. The van der Waals surface area contributed by atoms with Crippen LogP contribution in [0.3, 0.4) is 0 Å². The molecule has 0 saturated heterocycles. The summed E-state index contributed by atoms with van der Waals surface area (Å²) in [6.07, 6.45) is 1.85. The minimum atomic E-state index is 0.644. The highest BCUT2D eigenvalue weighted by Crippen LogP contribution is 2.22. The lowest BCUT2D eigenvalue weighted by Gasteiger charge is -1.97. The van der Waals surface area contributed by atoms with Gasteiger partial charge in [-0.1, -0.05) is 0 Å². The molecule has 0 unspecified atom stereocenters. The van der Waals surface area contributed by atoms with Crippen LogP contribution in [0.1, 0.15) is 0 Å². The van der Waals surface area contributed by atoms with Gasteiger partial charge in [0.05, 0.1) is 23.1 Å². The van der Waals surface area contributed by atoms with E-state index in [2.05, 4.69) is 20.5 Å². The average molecular weight is 262 g/mol. The fourth-order valence-corrected chi connectivity index (χ4v) is 1.45. The monoisotopic (exact) mass is 262 g/mol. The van der Waals surface area contributed by atoms with E-state index in [1.54, 1.807) is 48.5 Å². The van der Waals surface area contributed by atoms with Crippen LogP contribution in [-0.2, 0) is 0 Å². The summed E-state index contributed by atoms with van der Waals surface area (Å²) in [5.74, 6) is 0. The van der Waals surface area contributed by atoms with Crippen molar-refractivity contribution in [3.8, 4) is 6.19 Å². The van der Waals surface area contributed by atoms with Gasteiger partial charge in [0.1, 0.15) is 0 Å². The lowest BCUT2D eigenvalue weighted by Crippen LogP contribution is -1.84. The first kappa shape index (κ1) is 13.1. The molecule has 2 rings (SSSR count). The molecule has 0 spiro atoms. The summed E-state index contributed by atoms with van der Waals surface area (Å²) in [5, 5.41) is 25.9. The Morgan fingerprint density at radius 1 is 0.850 bits per heavy atom. The van der Waals surface area contributed by atoms with Gasteiger partial charge in [-0.2, -0.15) is 20.5 Å². The minimum Gasteiger partial charge on any atom is -0.293 e. The number of azo groups is 1. The lowest BCUT2D eigenvalue weighted by atomic mass is 10.3. The highest BCUT2D eigenvalue weighted by molar-refractivity contribution is 5.54. The number of rotatable bonds is 4. The van der Waals surface area contributed by atoms with Crippen molar-refractivity contribution >= 4 is 28.8 Å². The third-order valence-corrected chi connectivity index (χ3v) is 2.38. The van der Waals surface area contributed by atoms with Gasteiger partial charge in [-0.25, -0.2) is 5.41 Å². The molecule has 0 aromatic heterocycles. The molecule has 0 heterocycles. The van der Waals surface area contributed by atoms with E-state index >= 15 is 0 Å². The third kappa shape index (κ3) is 3.60. The molecule has 0 bridgehead atoms. The number of nitriles is 1. The SMILES string of the molecule is N#CNc1ccc(N=Nc2ccc(N=C=N)cc2)cc1. The maximum absolute atomic E-state index is 8.47. The predicted molar refractivity (Wildman–Crippen MR) is 76.1 cm³/mol. The Balaban J connectivity index is 2.08. The lowest BCUT2D eigenvalue weighted by molar-refractivity contribution is 1.23. The Morgan fingerprint density at radius 3 is 1.85 bits per heavy atom. The number of aliphatic imine (C=N–C) groups is 1. The maximum Gasteiger partial charge on any atom is 0.181 e. The van der Waals surface area contributed by atoms with Crippen molar-refractivity contribution in [2.75, 3.05) is 5.32 Å². The van der Waals surface area contributed by atoms with Crippen molar-refractivity contribution in [1.82, 2.24) is 0 Å². The number of anilines is 1. The average Bonchev–Trinajstić information content (AvgIpc) is 2.49. The van der Waals surface area contributed by atoms with Crippen LogP contribution >= 0.6 is 0 Å².